The first kappa shape index (κ1) is 15.0. The van der Waals surface area contributed by atoms with Gasteiger partial charge in [-0.25, -0.2) is 0 Å². The van der Waals surface area contributed by atoms with Gasteiger partial charge in [-0.05, 0) is 12.1 Å². The summed E-state index contributed by atoms with van der Waals surface area (Å²) >= 11 is 0. The number of benzene rings is 2. The number of rotatable bonds is 0. The third-order valence-electron chi connectivity index (χ3n) is 2.55. The van der Waals surface area contributed by atoms with E-state index < -0.39 is 11.5 Å². The van der Waals surface area contributed by atoms with Crippen molar-refractivity contribution in [3.8, 4) is 0 Å². The van der Waals surface area contributed by atoms with E-state index in [0.717, 1.165) is 0 Å². The number of aromatic nitrogens is 2. The van der Waals surface area contributed by atoms with Gasteiger partial charge in [0.1, 0.15) is 11.2 Å². The molecule has 0 unspecified atom stereocenters. The average molecular weight is 334 g/mol. The molecule has 0 aliphatic rings. The summed E-state index contributed by atoms with van der Waals surface area (Å²) in [4.78, 5) is 28.2. The van der Waals surface area contributed by atoms with E-state index in [1.165, 1.54) is 0 Å². The molecule has 0 amide bonds. The molecule has 0 spiro atoms. The Hall–Kier alpha value is -2.40. The maximum atomic E-state index is 10.5. The summed E-state index contributed by atoms with van der Waals surface area (Å²) in [5.74, 6) is -1.05. The van der Waals surface area contributed by atoms with Crippen LogP contribution in [-0.4, -0.2) is 0 Å². The number of fused-ring (bicyclic) bond motifs is 2. The molecule has 2 heterocycles. The van der Waals surface area contributed by atoms with Crippen molar-refractivity contribution < 1.29 is 28.3 Å². The first-order valence-corrected chi connectivity index (χ1v) is 5.77. The summed E-state index contributed by atoms with van der Waals surface area (Å²) in [7, 11) is 0. The van der Waals surface area contributed by atoms with E-state index in [1.54, 1.807) is 36.4 Å². The largest absolute Gasteiger partial charge is 2.00 e. The molecule has 0 aliphatic heterocycles. The van der Waals surface area contributed by atoms with E-state index in [1.807, 2.05) is 12.1 Å². The Morgan fingerprint density at radius 1 is 0.667 bits per heavy atom. The van der Waals surface area contributed by atoms with Crippen molar-refractivity contribution in [2.24, 2.45) is 0 Å². The zero-order valence-electron chi connectivity index (χ0n) is 10.9. The Morgan fingerprint density at radius 3 is 1.43 bits per heavy atom. The van der Waals surface area contributed by atoms with E-state index in [0.29, 0.717) is 22.2 Å². The Labute approximate surface area is 130 Å². The molecule has 0 N–H and O–H groups in total. The Bertz CT molecular complexity index is 812. The van der Waals surface area contributed by atoms with Crippen molar-refractivity contribution in [3.63, 3.8) is 0 Å². The van der Waals surface area contributed by atoms with Crippen molar-refractivity contribution in [3.05, 3.63) is 69.6 Å². The third-order valence-corrected chi connectivity index (χ3v) is 2.55. The molecule has 0 radical (unpaired) electrons. The van der Waals surface area contributed by atoms with Crippen LogP contribution in [0.15, 0.2) is 67.0 Å². The molecule has 0 saturated heterocycles. The maximum absolute atomic E-state index is 10.5. The molecule has 2 aromatic carbocycles. The summed E-state index contributed by atoms with van der Waals surface area (Å²) in [6.45, 7) is 0. The Kier molecular flexibility index (Phi) is 4.55. The second-order valence-corrected chi connectivity index (χ2v) is 3.89. The molecule has 0 saturated carbocycles. The van der Waals surface area contributed by atoms with Crippen LogP contribution in [0.2, 0.25) is 0 Å². The molecule has 6 nitrogen and oxygen atoms in total. The number of para-hydroxylation sites is 4. The summed E-state index contributed by atoms with van der Waals surface area (Å²) in [5.41, 5.74) is 2.33. The van der Waals surface area contributed by atoms with Crippen LogP contribution in [0.3, 0.4) is 0 Å². The smallest absolute Gasteiger partial charge is 0.587 e. The van der Waals surface area contributed by atoms with E-state index in [2.05, 4.69) is 9.97 Å². The van der Waals surface area contributed by atoms with Crippen LogP contribution in [0.4, 0.5) is 0 Å². The van der Waals surface area contributed by atoms with Crippen molar-refractivity contribution in [1.82, 2.24) is 9.97 Å². The number of hydrogen-bond donors (Lipinski definition) is 0. The Balaban J connectivity index is 0.000000147. The van der Waals surface area contributed by atoms with Gasteiger partial charge in [0.2, 0.25) is 11.5 Å². The number of oxazole rings is 2. The SMILES string of the molecule is O=c1[n-]c2ccccc2o1.O=c1[n-]c2ccccc2o1.[Zn+2]. The second-order valence-electron chi connectivity index (χ2n) is 3.89. The molecule has 0 fully saturated rings. The zero-order chi connectivity index (χ0) is 13.9. The predicted molar refractivity (Wildman–Crippen MR) is 71.6 cm³/mol. The van der Waals surface area contributed by atoms with Crippen LogP contribution in [0.5, 0.6) is 0 Å². The minimum atomic E-state index is -0.527. The molecule has 100 valence electrons. The van der Waals surface area contributed by atoms with Gasteiger partial charge in [0.15, 0.2) is 0 Å². The molecule has 7 heteroatoms. The predicted octanol–water partition coefficient (Wildman–Crippen LogP) is 1.50. The van der Waals surface area contributed by atoms with Gasteiger partial charge in [0, 0.05) is 0 Å². The van der Waals surface area contributed by atoms with Gasteiger partial charge in [0.25, 0.3) is 0 Å². The molecule has 0 bridgehead atoms. The molecule has 0 atom stereocenters. The van der Waals surface area contributed by atoms with Gasteiger partial charge in [0.05, 0.1) is 0 Å². The van der Waals surface area contributed by atoms with E-state index in [-0.39, 0.29) is 19.5 Å². The molecule has 4 aromatic rings. The van der Waals surface area contributed by atoms with Crippen molar-refractivity contribution in [1.29, 1.82) is 0 Å². The van der Waals surface area contributed by atoms with Gasteiger partial charge in [-0.1, -0.05) is 47.4 Å². The normalized spacial score (nSPS) is 9.90. The summed E-state index contributed by atoms with van der Waals surface area (Å²) in [6.07, 6.45) is 0. The van der Waals surface area contributed by atoms with E-state index >= 15 is 0 Å². The van der Waals surface area contributed by atoms with Gasteiger partial charge in [-0.2, -0.15) is 0 Å². The molecule has 4 rings (SSSR count). The average Bonchev–Trinajstić information content (AvgIpc) is 2.99. The van der Waals surface area contributed by atoms with Gasteiger partial charge >= 0.3 is 19.5 Å². The molecule has 0 aliphatic carbocycles. The van der Waals surface area contributed by atoms with E-state index in [4.69, 9.17) is 8.83 Å². The fourth-order valence-electron chi connectivity index (χ4n) is 1.70. The Morgan fingerprint density at radius 2 is 1.05 bits per heavy atom. The second kappa shape index (κ2) is 6.37. The van der Waals surface area contributed by atoms with Crippen molar-refractivity contribution in [2.75, 3.05) is 0 Å². The summed E-state index contributed by atoms with van der Waals surface area (Å²) in [6, 6.07) is 14.1. The van der Waals surface area contributed by atoms with Crippen LogP contribution < -0.4 is 21.5 Å². The van der Waals surface area contributed by atoms with Crippen LogP contribution in [0.1, 0.15) is 0 Å². The first-order chi connectivity index (χ1) is 9.72. The monoisotopic (exact) mass is 332 g/mol. The minimum Gasteiger partial charge on any atom is -0.587 e. The van der Waals surface area contributed by atoms with E-state index in [9.17, 15) is 9.59 Å². The fraction of sp³-hybridized carbons (Fsp3) is 0. The first-order valence-electron chi connectivity index (χ1n) is 5.77. The topological polar surface area (TPSA) is 88.6 Å². The van der Waals surface area contributed by atoms with Gasteiger partial charge in [-0.15, -0.1) is 0 Å². The summed E-state index contributed by atoms with van der Waals surface area (Å²) in [5, 5.41) is 0. The van der Waals surface area contributed by atoms with Crippen molar-refractivity contribution >= 4 is 22.2 Å². The summed E-state index contributed by atoms with van der Waals surface area (Å²) < 4.78 is 9.40. The molecule has 21 heavy (non-hydrogen) atoms. The van der Waals surface area contributed by atoms with Crippen LogP contribution in [-0.2, 0) is 19.5 Å². The molecule has 2 aromatic heterocycles. The molecular weight excluding hydrogens is 326 g/mol. The van der Waals surface area contributed by atoms with Crippen LogP contribution in [0, 0.1) is 0 Å². The number of nitrogens with zero attached hydrogens (tertiary/aromatic N) is 2. The standard InChI is InChI=1S/2C7H5NO2.Zn/c2*9-7-8-5-3-1-2-4-6(5)10-7;/h2*1-4H,(H,8,9);/q;;+2/p-2. The third kappa shape index (κ3) is 3.38. The van der Waals surface area contributed by atoms with Crippen LogP contribution >= 0.6 is 0 Å². The number of hydrogen-bond acceptors (Lipinski definition) is 4. The quantitative estimate of drug-likeness (QED) is 0.453. The maximum Gasteiger partial charge on any atom is 2.00 e. The molecular formula is C14H8N2O4Zn. The fourth-order valence-corrected chi connectivity index (χ4v) is 1.70. The van der Waals surface area contributed by atoms with Crippen LogP contribution in [0.25, 0.3) is 22.2 Å². The van der Waals surface area contributed by atoms with Crippen molar-refractivity contribution in [2.45, 2.75) is 0 Å². The zero-order valence-corrected chi connectivity index (χ0v) is 13.8. The van der Waals surface area contributed by atoms with Gasteiger partial charge in [-0.3, -0.25) is 9.59 Å². The minimum absolute atomic E-state index is 0. The van der Waals surface area contributed by atoms with Gasteiger partial charge < -0.3 is 18.8 Å².